The number of nitrogens with zero attached hydrogens (tertiary/aromatic N) is 1. The van der Waals surface area contributed by atoms with E-state index in [1.165, 1.54) is 6.20 Å². The summed E-state index contributed by atoms with van der Waals surface area (Å²) in [6.45, 7) is 0. The Morgan fingerprint density at radius 2 is 2.17 bits per heavy atom. The minimum absolute atomic E-state index is 0.154. The molecule has 0 spiro atoms. The third-order valence-electron chi connectivity index (χ3n) is 3.22. The van der Waals surface area contributed by atoms with Gasteiger partial charge in [0.2, 0.25) is 0 Å². The zero-order valence-electron chi connectivity index (χ0n) is 10.1. The van der Waals surface area contributed by atoms with Crippen LogP contribution >= 0.6 is 0 Å². The van der Waals surface area contributed by atoms with Crippen molar-refractivity contribution in [1.29, 1.82) is 0 Å². The minimum Gasteiger partial charge on any atom is -0.391 e. The molecule has 2 atom stereocenters. The van der Waals surface area contributed by atoms with Crippen molar-refractivity contribution in [2.75, 3.05) is 5.43 Å². The number of aliphatic hydroxyl groups excluding tert-OH is 1. The van der Waals surface area contributed by atoms with Gasteiger partial charge >= 0.3 is 0 Å². The third-order valence-corrected chi connectivity index (χ3v) is 3.22. The topological polar surface area (TPSA) is 100 Å². The highest BCUT2D eigenvalue weighted by molar-refractivity contribution is 5.94. The summed E-state index contributed by atoms with van der Waals surface area (Å²) in [6.07, 6.45) is 4.64. The smallest absolute Gasteiger partial charge is 0.253 e. The molecule has 2 unspecified atom stereocenters. The molecule has 1 aliphatic carbocycles. The second-order valence-corrected chi connectivity index (χ2v) is 4.51. The number of rotatable bonds is 3. The third kappa shape index (κ3) is 2.96. The van der Waals surface area contributed by atoms with Crippen LogP contribution in [0.3, 0.4) is 0 Å². The van der Waals surface area contributed by atoms with Crippen LogP contribution in [0.15, 0.2) is 18.3 Å². The molecule has 0 aromatic carbocycles. The molecule has 6 nitrogen and oxygen atoms in total. The summed E-state index contributed by atoms with van der Waals surface area (Å²) in [5.41, 5.74) is 2.86. The van der Waals surface area contributed by atoms with Gasteiger partial charge in [-0.1, -0.05) is 12.8 Å². The molecule has 5 N–H and O–H groups in total. The molecule has 1 saturated carbocycles. The molecule has 1 fully saturated rings. The number of amides is 1. The normalized spacial score (nSPS) is 23.4. The lowest BCUT2D eigenvalue weighted by Crippen LogP contribution is -2.45. The van der Waals surface area contributed by atoms with E-state index in [1.807, 2.05) is 0 Å². The van der Waals surface area contributed by atoms with Gasteiger partial charge in [0.25, 0.3) is 5.91 Å². The zero-order valence-corrected chi connectivity index (χ0v) is 10.1. The van der Waals surface area contributed by atoms with Gasteiger partial charge in [-0.25, -0.2) is 10.8 Å². The summed E-state index contributed by atoms with van der Waals surface area (Å²) in [5, 5.41) is 12.6. The monoisotopic (exact) mass is 250 g/mol. The molecule has 0 aliphatic heterocycles. The first kappa shape index (κ1) is 12.8. The first-order valence-corrected chi connectivity index (χ1v) is 6.12. The van der Waals surface area contributed by atoms with E-state index in [9.17, 15) is 9.90 Å². The highest BCUT2D eigenvalue weighted by Crippen LogP contribution is 2.18. The Bertz CT molecular complexity index is 407. The lowest BCUT2D eigenvalue weighted by atomic mass is 9.92. The summed E-state index contributed by atoms with van der Waals surface area (Å²) < 4.78 is 0. The molecule has 6 heteroatoms. The van der Waals surface area contributed by atoms with Gasteiger partial charge < -0.3 is 15.8 Å². The number of aliphatic hydroxyl groups is 1. The number of hydrazine groups is 1. The largest absolute Gasteiger partial charge is 0.391 e. The second kappa shape index (κ2) is 5.79. The molecular weight excluding hydrogens is 232 g/mol. The number of hydrogen-bond acceptors (Lipinski definition) is 5. The first-order valence-electron chi connectivity index (χ1n) is 6.12. The van der Waals surface area contributed by atoms with Gasteiger partial charge in [0.1, 0.15) is 5.82 Å². The van der Waals surface area contributed by atoms with E-state index in [1.54, 1.807) is 12.1 Å². The number of aromatic nitrogens is 1. The van der Waals surface area contributed by atoms with Gasteiger partial charge in [0.15, 0.2) is 0 Å². The predicted molar refractivity (Wildman–Crippen MR) is 67.8 cm³/mol. The van der Waals surface area contributed by atoms with E-state index in [-0.39, 0.29) is 11.9 Å². The van der Waals surface area contributed by atoms with Crippen molar-refractivity contribution < 1.29 is 9.90 Å². The molecule has 0 saturated heterocycles. The Labute approximate surface area is 106 Å². The molecule has 1 amide bonds. The van der Waals surface area contributed by atoms with Gasteiger partial charge in [-0.05, 0) is 25.0 Å². The summed E-state index contributed by atoms with van der Waals surface area (Å²) in [6, 6.07) is 3.12. The molecule has 0 radical (unpaired) electrons. The van der Waals surface area contributed by atoms with E-state index >= 15 is 0 Å². The quantitative estimate of drug-likeness (QED) is 0.459. The van der Waals surface area contributed by atoms with Gasteiger partial charge in [-0.2, -0.15) is 0 Å². The van der Waals surface area contributed by atoms with Crippen LogP contribution < -0.4 is 16.6 Å². The molecule has 1 aliphatic rings. The van der Waals surface area contributed by atoms with Gasteiger partial charge in [0.05, 0.1) is 17.7 Å². The summed E-state index contributed by atoms with van der Waals surface area (Å²) >= 11 is 0. The maximum absolute atomic E-state index is 11.9. The number of nitrogens with one attached hydrogen (secondary N) is 2. The zero-order chi connectivity index (χ0) is 13.0. The van der Waals surface area contributed by atoms with Crippen LogP contribution in [-0.2, 0) is 0 Å². The molecule has 1 heterocycles. The lowest BCUT2D eigenvalue weighted by Gasteiger charge is -2.28. The average Bonchev–Trinajstić information content (AvgIpc) is 2.41. The fourth-order valence-electron chi connectivity index (χ4n) is 2.14. The second-order valence-electron chi connectivity index (χ2n) is 4.51. The van der Waals surface area contributed by atoms with Crippen molar-refractivity contribution >= 4 is 11.7 Å². The Morgan fingerprint density at radius 1 is 1.39 bits per heavy atom. The Balaban J connectivity index is 1.97. The molecule has 1 aromatic rings. The van der Waals surface area contributed by atoms with Gasteiger partial charge in [-0.15, -0.1) is 0 Å². The summed E-state index contributed by atoms with van der Waals surface area (Å²) in [7, 11) is 0. The maximum Gasteiger partial charge on any atom is 0.253 e. The standard InChI is InChI=1S/C12H18N4O2/c13-16-11-6-5-8(7-14-11)12(18)15-9-3-1-2-4-10(9)17/h5-7,9-10,17H,1-4,13H2,(H,14,16)(H,15,18). The van der Waals surface area contributed by atoms with Crippen LogP contribution in [0, 0.1) is 0 Å². The van der Waals surface area contributed by atoms with E-state index in [2.05, 4.69) is 15.7 Å². The van der Waals surface area contributed by atoms with Crippen molar-refractivity contribution in [2.45, 2.75) is 37.8 Å². The van der Waals surface area contributed by atoms with Crippen LogP contribution in [-0.4, -0.2) is 28.1 Å². The number of carbonyl (C=O) groups is 1. The van der Waals surface area contributed by atoms with Crippen LogP contribution in [0.4, 0.5) is 5.82 Å². The van der Waals surface area contributed by atoms with Crippen LogP contribution in [0.5, 0.6) is 0 Å². The van der Waals surface area contributed by atoms with Crippen LogP contribution in [0.1, 0.15) is 36.0 Å². The average molecular weight is 250 g/mol. The van der Waals surface area contributed by atoms with Gasteiger partial charge in [-0.3, -0.25) is 4.79 Å². The molecule has 0 bridgehead atoms. The van der Waals surface area contributed by atoms with E-state index in [0.717, 1.165) is 25.7 Å². The molecule has 98 valence electrons. The number of nitrogen functional groups attached to an aromatic ring is 1. The lowest BCUT2D eigenvalue weighted by molar-refractivity contribution is 0.0717. The molecule has 2 rings (SSSR count). The van der Waals surface area contributed by atoms with Crippen molar-refractivity contribution in [3.8, 4) is 0 Å². The van der Waals surface area contributed by atoms with Crippen molar-refractivity contribution in [1.82, 2.24) is 10.3 Å². The van der Waals surface area contributed by atoms with Crippen molar-refractivity contribution in [3.05, 3.63) is 23.9 Å². The maximum atomic E-state index is 11.9. The van der Waals surface area contributed by atoms with Crippen molar-refractivity contribution in [2.24, 2.45) is 5.84 Å². The Kier molecular flexibility index (Phi) is 4.11. The number of carbonyl (C=O) groups excluding carboxylic acids is 1. The molecule has 18 heavy (non-hydrogen) atoms. The number of pyridine rings is 1. The predicted octanol–water partition coefficient (Wildman–Crippen LogP) is 0.400. The number of nitrogens with two attached hydrogens (primary N) is 1. The Hall–Kier alpha value is -1.66. The highest BCUT2D eigenvalue weighted by Gasteiger charge is 2.24. The first-order chi connectivity index (χ1) is 8.70. The summed E-state index contributed by atoms with van der Waals surface area (Å²) in [4.78, 5) is 15.9. The molecular formula is C12H18N4O2. The fourth-order valence-corrected chi connectivity index (χ4v) is 2.14. The van der Waals surface area contributed by atoms with Crippen molar-refractivity contribution in [3.63, 3.8) is 0 Å². The minimum atomic E-state index is -0.444. The van der Waals surface area contributed by atoms with Gasteiger partial charge in [0, 0.05) is 6.20 Å². The van der Waals surface area contributed by atoms with E-state index in [0.29, 0.717) is 11.4 Å². The van der Waals surface area contributed by atoms with Crippen LogP contribution in [0.2, 0.25) is 0 Å². The molecule has 1 aromatic heterocycles. The van der Waals surface area contributed by atoms with E-state index < -0.39 is 6.10 Å². The number of hydrogen-bond donors (Lipinski definition) is 4. The fraction of sp³-hybridized carbons (Fsp3) is 0.500. The SMILES string of the molecule is NNc1ccc(C(=O)NC2CCCCC2O)cn1. The summed E-state index contributed by atoms with van der Waals surface area (Å²) in [5.74, 6) is 5.49. The highest BCUT2D eigenvalue weighted by atomic mass is 16.3. The number of anilines is 1. The van der Waals surface area contributed by atoms with E-state index in [4.69, 9.17) is 5.84 Å². The van der Waals surface area contributed by atoms with Crippen LogP contribution in [0.25, 0.3) is 0 Å². The Morgan fingerprint density at radius 3 is 2.78 bits per heavy atom.